The first-order valence-electron chi connectivity index (χ1n) is 4.50. The fraction of sp³-hybridized carbons (Fsp3) is 0.300. The predicted molar refractivity (Wildman–Crippen MR) is 49.6 cm³/mol. The van der Waals surface area contributed by atoms with Crippen molar-refractivity contribution in [2.75, 3.05) is 5.32 Å². The minimum absolute atomic E-state index is 0.470. The maximum atomic E-state index is 12.2. The molecule has 1 aromatic rings. The lowest BCUT2D eigenvalue weighted by Gasteiger charge is -2.24. The number of alkyl halides is 2. The van der Waals surface area contributed by atoms with Gasteiger partial charge in [0, 0.05) is 12.1 Å². The van der Waals surface area contributed by atoms with Gasteiger partial charge in [0.1, 0.15) is 0 Å². The lowest BCUT2D eigenvalue weighted by atomic mass is 9.83. The highest BCUT2D eigenvalue weighted by atomic mass is 19.3. The first-order chi connectivity index (χ1) is 6.74. The molecule has 0 bridgehead atoms. The molecule has 1 N–H and O–H groups in total. The summed E-state index contributed by atoms with van der Waals surface area (Å²) in [5, 5.41) is 2.98. The number of rotatable bonds is 2. The minimum atomic E-state index is -2.23. The number of hydrogen-bond donors (Lipinski definition) is 1. The predicted octanol–water partition coefficient (Wildman–Crippen LogP) is 2.81. The Morgan fingerprint density at radius 2 is 2.29 bits per heavy atom. The summed E-state index contributed by atoms with van der Waals surface area (Å²) in [6.45, 7) is 0. The number of fused-ring (bicyclic) bond motifs is 1. The number of nitrogens with one attached hydrogen (secondary N) is 1. The van der Waals surface area contributed by atoms with Crippen LogP contribution in [-0.2, 0) is 0 Å². The number of allylic oxidation sites excluding steroid dienone is 2. The van der Waals surface area contributed by atoms with Crippen LogP contribution in [0.3, 0.4) is 0 Å². The van der Waals surface area contributed by atoms with Gasteiger partial charge in [-0.15, -0.1) is 0 Å². The van der Waals surface area contributed by atoms with E-state index in [0.717, 1.165) is 22.6 Å². The molecular weight excluding hydrogens is 186 g/mol. The minimum Gasteiger partial charge on any atom is -0.335 e. The zero-order chi connectivity index (χ0) is 9.71. The molecule has 1 atom stereocenters. The monoisotopic (exact) mass is 194 g/mol. The van der Waals surface area contributed by atoms with E-state index in [0.29, 0.717) is 6.42 Å². The first-order valence-corrected chi connectivity index (χ1v) is 4.50. The molecule has 0 fully saturated rings. The van der Waals surface area contributed by atoms with Gasteiger partial charge in [-0.3, -0.25) is 0 Å². The van der Waals surface area contributed by atoms with Gasteiger partial charge in [0.15, 0.2) is 5.82 Å². The highest BCUT2D eigenvalue weighted by Crippen LogP contribution is 2.42. The first kappa shape index (κ1) is 7.91. The summed E-state index contributed by atoms with van der Waals surface area (Å²) in [5.41, 5.74) is 2.97. The number of nitrogens with zero attached hydrogens (tertiary/aromatic N) is 1. The SMILES string of the molecule is FC(F)C1C=C(c2cnc3c(c2)N3)C1. The Morgan fingerprint density at radius 1 is 1.50 bits per heavy atom. The van der Waals surface area contributed by atoms with E-state index in [9.17, 15) is 8.78 Å². The molecule has 1 aliphatic carbocycles. The van der Waals surface area contributed by atoms with Crippen LogP contribution in [0, 0.1) is 5.92 Å². The second kappa shape index (κ2) is 2.53. The Bertz CT molecular complexity index is 426. The molecular formula is C10H8F2N2. The molecule has 1 aromatic heterocycles. The maximum absolute atomic E-state index is 12.2. The van der Waals surface area contributed by atoms with Gasteiger partial charge in [0.05, 0.1) is 5.69 Å². The summed E-state index contributed by atoms with van der Waals surface area (Å²) >= 11 is 0. The smallest absolute Gasteiger partial charge is 0.245 e. The van der Waals surface area contributed by atoms with Gasteiger partial charge < -0.3 is 5.32 Å². The molecule has 72 valence electrons. The lowest BCUT2D eigenvalue weighted by molar-refractivity contribution is 0.0964. The number of halogens is 2. The third kappa shape index (κ3) is 1.10. The van der Waals surface area contributed by atoms with Crippen molar-refractivity contribution in [2.24, 2.45) is 5.92 Å². The highest BCUT2D eigenvalue weighted by molar-refractivity contribution is 5.89. The summed E-state index contributed by atoms with van der Waals surface area (Å²) in [4.78, 5) is 4.11. The van der Waals surface area contributed by atoms with E-state index in [1.54, 1.807) is 12.3 Å². The van der Waals surface area contributed by atoms with Gasteiger partial charge in [-0.25, -0.2) is 13.8 Å². The summed E-state index contributed by atoms with van der Waals surface area (Å²) in [5.74, 6) is 0.348. The molecule has 4 heteroatoms. The van der Waals surface area contributed by atoms with Crippen molar-refractivity contribution < 1.29 is 8.78 Å². The number of pyridine rings is 1. The maximum Gasteiger partial charge on any atom is 0.245 e. The molecule has 0 spiro atoms. The van der Waals surface area contributed by atoms with Gasteiger partial charge in [-0.2, -0.15) is 0 Å². The van der Waals surface area contributed by atoms with E-state index in [1.807, 2.05) is 6.07 Å². The van der Waals surface area contributed by atoms with Crippen molar-refractivity contribution in [3.8, 4) is 0 Å². The van der Waals surface area contributed by atoms with Gasteiger partial charge in [-0.1, -0.05) is 6.08 Å². The molecule has 1 unspecified atom stereocenters. The summed E-state index contributed by atoms with van der Waals surface area (Å²) in [6.07, 6.45) is 1.61. The number of anilines is 2. The quantitative estimate of drug-likeness (QED) is 0.746. The average molecular weight is 194 g/mol. The zero-order valence-corrected chi connectivity index (χ0v) is 7.30. The van der Waals surface area contributed by atoms with E-state index < -0.39 is 12.3 Å². The fourth-order valence-electron chi connectivity index (χ4n) is 1.66. The Morgan fingerprint density at radius 3 is 2.93 bits per heavy atom. The molecule has 2 nitrogen and oxygen atoms in total. The normalized spacial score (nSPS) is 22.2. The van der Waals surface area contributed by atoms with Gasteiger partial charge >= 0.3 is 0 Å². The van der Waals surface area contributed by atoms with Gasteiger partial charge in [-0.05, 0) is 23.6 Å². The summed E-state index contributed by atoms with van der Waals surface area (Å²) in [7, 11) is 0. The molecule has 1 aliphatic heterocycles. The number of hydrogen-bond acceptors (Lipinski definition) is 2. The molecule has 0 saturated carbocycles. The largest absolute Gasteiger partial charge is 0.335 e. The third-order valence-electron chi connectivity index (χ3n) is 2.64. The van der Waals surface area contributed by atoms with E-state index in [1.165, 1.54) is 0 Å². The van der Waals surface area contributed by atoms with Crippen LogP contribution in [0.15, 0.2) is 18.3 Å². The molecule has 0 aromatic carbocycles. The van der Waals surface area contributed by atoms with Crippen LogP contribution in [0.4, 0.5) is 20.3 Å². The van der Waals surface area contributed by atoms with Crippen molar-refractivity contribution in [1.29, 1.82) is 0 Å². The van der Waals surface area contributed by atoms with Crippen LogP contribution in [0.25, 0.3) is 5.57 Å². The lowest BCUT2D eigenvalue weighted by Crippen LogP contribution is -2.17. The average Bonchev–Trinajstić information content (AvgIpc) is 2.78. The van der Waals surface area contributed by atoms with Crippen LogP contribution in [0.2, 0.25) is 0 Å². The molecule has 14 heavy (non-hydrogen) atoms. The van der Waals surface area contributed by atoms with Crippen molar-refractivity contribution in [3.63, 3.8) is 0 Å². The Hall–Kier alpha value is -1.45. The molecule has 3 rings (SSSR count). The van der Waals surface area contributed by atoms with E-state index in [-0.39, 0.29) is 0 Å². The summed E-state index contributed by atoms with van der Waals surface area (Å²) < 4.78 is 24.4. The van der Waals surface area contributed by atoms with Crippen LogP contribution in [-0.4, -0.2) is 11.4 Å². The topological polar surface area (TPSA) is 34.8 Å². The second-order valence-corrected chi connectivity index (χ2v) is 3.64. The highest BCUT2D eigenvalue weighted by Gasteiger charge is 2.29. The Kier molecular flexibility index (Phi) is 1.43. The molecule has 0 amide bonds. The molecule has 0 saturated heterocycles. The van der Waals surface area contributed by atoms with Gasteiger partial charge in [0.25, 0.3) is 0 Å². The number of aromatic nitrogens is 1. The summed E-state index contributed by atoms with van der Waals surface area (Å²) in [6, 6.07) is 1.95. The molecule has 2 aliphatic rings. The van der Waals surface area contributed by atoms with Crippen molar-refractivity contribution in [2.45, 2.75) is 12.8 Å². The Balaban J connectivity index is 1.83. The zero-order valence-electron chi connectivity index (χ0n) is 7.30. The molecule has 2 heterocycles. The van der Waals surface area contributed by atoms with Crippen molar-refractivity contribution in [1.82, 2.24) is 4.98 Å². The van der Waals surface area contributed by atoms with E-state index >= 15 is 0 Å². The Labute approximate surface area is 79.7 Å². The van der Waals surface area contributed by atoms with Crippen LogP contribution >= 0.6 is 0 Å². The van der Waals surface area contributed by atoms with Crippen LogP contribution in [0.1, 0.15) is 12.0 Å². The molecule has 0 radical (unpaired) electrons. The van der Waals surface area contributed by atoms with E-state index in [4.69, 9.17) is 0 Å². The van der Waals surface area contributed by atoms with Crippen LogP contribution < -0.4 is 5.32 Å². The third-order valence-corrected chi connectivity index (χ3v) is 2.64. The fourth-order valence-corrected chi connectivity index (χ4v) is 1.66. The van der Waals surface area contributed by atoms with Crippen molar-refractivity contribution in [3.05, 3.63) is 23.9 Å². The van der Waals surface area contributed by atoms with Crippen molar-refractivity contribution >= 4 is 17.1 Å². The van der Waals surface area contributed by atoms with E-state index in [2.05, 4.69) is 10.3 Å². The van der Waals surface area contributed by atoms with Gasteiger partial charge in [0.2, 0.25) is 6.43 Å². The standard InChI is InChI=1S/C10H8F2N2/c11-9(12)6-1-5(2-6)7-3-8-10(14-8)13-4-7/h1,3-4,6,9H,2H2,(H,13,14). The van der Waals surface area contributed by atoms with Crippen LogP contribution in [0.5, 0.6) is 0 Å². The second-order valence-electron chi connectivity index (χ2n) is 3.64.